The average Bonchev–Trinajstić information content (AvgIpc) is 3.35. The number of nitrogens with zero attached hydrogens (tertiary/aromatic N) is 2. The normalized spacial score (nSPS) is 16.5. The molecule has 0 atom stereocenters. The maximum absolute atomic E-state index is 12.9. The average molecular weight is 433 g/mol. The van der Waals surface area contributed by atoms with Crippen LogP contribution in [0.5, 0.6) is 11.5 Å². The maximum Gasteiger partial charge on any atom is 0.266 e. The first-order valence-corrected chi connectivity index (χ1v) is 10.6. The van der Waals surface area contributed by atoms with Crippen LogP contribution in [-0.4, -0.2) is 26.9 Å². The van der Waals surface area contributed by atoms with Gasteiger partial charge in [0.25, 0.3) is 5.91 Å². The molecule has 3 aromatic rings. The van der Waals surface area contributed by atoms with E-state index in [0.29, 0.717) is 21.5 Å². The molecular formula is C23H16N2O3S2. The van der Waals surface area contributed by atoms with Gasteiger partial charge in [-0.25, -0.2) is 0 Å². The summed E-state index contributed by atoms with van der Waals surface area (Å²) in [6, 6.07) is 19.5. The predicted molar refractivity (Wildman–Crippen MR) is 121 cm³/mol. The minimum Gasteiger partial charge on any atom is -0.454 e. The molecule has 148 valence electrons. The van der Waals surface area contributed by atoms with Crippen molar-refractivity contribution in [2.24, 2.45) is 0 Å². The second kappa shape index (κ2) is 7.93. The standard InChI is InChI=1S/C23H16N2O3S2/c26-22-21(12-15-4-7-17(8-5-15)18-3-1-2-10-24-18)30-23(29)25(22)13-16-6-9-19-20(11-16)28-14-27-19/h1-12H,13-14H2/b21-12-. The van der Waals surface area contributed by atoms with Crippen molar-refractivity contribution in [2.45, 2.75) is 6.54 Å². The lowest BCUT2D eigenvalue weighted by Crippen LogP contribution is -2.27. The second-order valence-electron chi connectivity index (χ2n) is 6.79. The van der Waals surface area contributed by atoms with Crippen molar-refractivity contribution in [3.8, 4) is 22.8 Å². The van der Waals surface area contributed by atoms with Gasteiger partial charge in [0.15, 0.2) is 11.5 Å². The Labute approximate surface area is 183 Å². The number of carbonyl (C=O) groups is 1. The zero-order chi connectivity index (χ0) is 20.5. The highest BCUT2D eigenvalue weighted by Crippen LogP contribution is 2.36. The molecule has 0 bridgehead atoms. The van der Waals surface area contributed by atoms with Crippen LogP contribution < -0.4 is 9.47 Å². The van der Waals surface area contributed by atoms with Gasteiger partial charge in [-0.15, -0.1) is 0 Å². The van der Waals surface area contributed by atoms with Crippen molar-refractivity contribution in [3.05, 3.63) is 82.9 Å². The van der Waals surface area contributed by atoms with E-state index in [1.807, 2.05) is 66.7 Å². The van der Waals surface area contributed by atoms with Crippen LogP contribution >= 0.6 is 24.0 Å². The largest absolute Gasteiger partial charge is 0.454 e. The molecule has 1 aromatic heterocycles. The quantitative estimate of drug-likeness (QED) is 0.433. The summed E-state index contributed by atoms with van der Waals surface area (Å²) in [5, 5.41) is 0. The van der Waals surface area contributed by atoms with E-state index in [-0.39, 0.29) is 12.7 Å². The fraction of sp³-hybridized carbons (Fsp3) is 0.0870. The number of fused-ring (bicyclic) bond motifs is 1. The molecule has 1 amide bonds. The fourth-order valence-electron chi connectivity index (χ4n) is 3.29. The summed E-state index contributed by atoms with van der Waals surface area (Å²) in [5.41, 5.74) is 3.83. The van der Waals surface area contributed by atoms with E-state index in [0.717, 1.165) is 28.1 Å². The minimum atomic E-state index is -0.0866. The Morgan fingerprint density at radius 1 is 1.07 bits per heavy atom. The van der Waals surface area contributed by atoms with Crippen LogP contribution in [0.2, 0.25) is 0 Å². The topological polar surface area (TPSA) is 51.7 Å². The number of thiocarbonyl (C=S) groups is 1. The van der Waals surface area contributed by atoms with Gasteiger partial charge in [-0.1, -0.05) is 60.4 Å². The van der Waals surface area contributed by atoms with Crippen LogP contribution in [-0.2, 0) is 11.3 Å². The Bertz CT molecular complexity index is 1160. The van der Waals surface area contributed by atoms with Crippen LogP contribution in [0.25, 0.3) is 17.3 Å². The zero-order valence-electron chi connectivity index (χ0n) is 15.8. The number of carbonyl (C=O) groups excluding carboxylic acids is 1. The molecule has 0 radical (unpaired) electrons. The van der Waals surface area contributed by atoms with Gasteiger partial charge in [-0.2, -0.15) is 0 Å². The molecule has 3 heterocycles. The third-order valence-corrected chi connectivity index (χ3v) is 6.20. The third kappa shape index (κ3) is 3.69. The van der Waals surface area contributed by atoms with E-state index in [1.54, 1.807) is 11.1 Å². The highest BCUT2D eigenvalue weighted by Gasteiger charge is 2.32. The summed E-state index contributed by atoms with van der Waals surface area (Å²) in [5.74, 6) is 1.33. The van der Waals surface area contributed by atoms with Crippen molar-refractivity contribution in [1.82, 2.24) is 9.88 Å². The first kappa shape index (κ1) is 18.8. The number of amides is 1. The van der Waals surface area contributed by atoms with Crippen molar-refractivity contribution < 1.29 is 14.3 Å². The molecule has 5 nitrogen and oxygen atoms in total. The highest BCUT2D eigenvalue weighted by molar-refractivity contribution is 8.26. The Morgan fingerprint density at radius 2 is 1.90 bits per heavy atom. The molecule has 0 unspecified atom stereocenters. The van der Waals surface area contributed by atoms with Crippen molar-refractivity contribution in [2.75, 3.05) is 6.79 Å². The number of benzene rings is 2. The van der Waals surface area contributed by atoms with Crippen molar-refractivity contribution in [3.63, 3.8) is 0 Å². The first-order valence-electron chi connectivity index (χ1n) is 9.33. The summed E-state index contributed by atoms with van der Waals surface area (Å²) in [7, 11) is 0. The lowest BCUT2D eigenvalue weighted by Gasteiger charge is -2.14. The molecule has 0 spiro atoms. The van der Waals surface area contributed by atoms with Gasteiger partial charge < -0.3 is 9.47 Å². The van der Waals surface area contributed by atoms with E-state index in [4.69, 9.17) is 21.7 Å². The van der Waals surface area contributed by atoms with Crippen LogP contribution in [0.4, 0.5) is 0 Å². The molecule has 1 fully saturated rings. The smallest absolute Gasteiger partial charge is 0.266 e. The van der Waals surface area contributed by atoms with E-state index in [1.165, 1.54) is 11.8 Å². The molecule has 1 saturated heterocycles. The zero-order valence-corrected chi connectivity index (χ0v) is 17.4. The number of hydrogen-bond acceptors (Lipinski definition) is 6. The molecule has 2 aliphatic rings. The van der Waals surface area contributed by atoms with Gasteiger partial charge in [0.05, 0.1) is 17.1 Å². The molecular weight excluding hydrogens is 416 g/mol. The van der Waals surface area contributed by atoms with Crippen molar-refractivity contribution >= 4 is 40.3 Å². The van der Waals surface area contributed by atoms with E-state index in [2.05, 4.69) is 4.98 Å². The highest BCUT2D eigenvalue weighted by atomic mass is 32.2. The van der Waals surface area contributed by atoms with Crippen LogP contribution in [0.1, 0.15) is 11.1 Å². The predicted octanol–water partition coefficient (Wildman–Crippen LogP) is 4.88. The maximum atomic E-state index is 12.9. The second-order valence-corrected chi connectivity index (χ2v) is 8.47. The first-order chi connectivity index (χ1) is 14.7. The van der Waals surface area contributed by atoms with E-state index in [9.17, 15) is 4.79 Å². The molecule has 7 heteroatoms. The van der Waals surface area contributed by atoms with E-state index < -0.39 is 0 Å². The molecule has 0 aliphatic carbocycles. The fourth-order valence-corrected chi connectivity index (χ4v) is 4.55. The van der Waals surface area contributed by atoms with Gasteiger partial charge in [0.1, 0.15) is 4.32 Å². The summed E-state index contributed by atoms with van der Waals surface area (Å²) < 4.78 is 11.3. The van der Waals surface area contributed by atoms with Gasteiger partial charge in [0.2, 0.25) is 6.79 Å². The summed E-state index contributed by atoms with van der Waals surface area (Å²) in [4.78, 5) is 19.5. The molecule has 2 aromatic carbocycles. The van der Waals surface area contributed by atoms with Crippen molar-refractivity contribution in [1.29, 1.82) is 0 Å². The molecule has 0 N–H and O–H groups in total. The van der Waals surface area contributed by atoms with Gasteiger partial charge >= 0.3 is 0 Å². The van der Waals surface area contributed by atoms with Crippen LogP contribution in [0.3, 0.4) is 0 Å². The number of hydrogen-bond donors (Lipinski definition) is 0. The van der Waals surface area contributed by atoms with Gasteiger partial charge in [-0.3, -0.25) is 14.7 Å². The molecule has 2 aliphatic heterocycles. The monoisotopic (exact) mass is 432 g/mol. The number of thioether (sulfide) groups is 1. The molecule has 30 heavy (non-hydrogen) atoms. The lowest BCUT2D eigenvalue weighted by atomic mass is 10.1. The number of ether oxygens (including phenoxy) is 2. The lowest BCUT2D eigenvalue weighted by molar-refractivity contribution is -0.122. The number of pyridine rings is 1. The Balaban J connectivity index is 1.33. The van der Waals surface area contributed by atoms with Gasteiger partial charge in [-0.05, 0) is 41.5 Å². The van der Waals surface area contributed by atoms with E-state index >= 15 is 0 Å². The summed E-state index contributed by atoms with van der Waals surface area (Å²) >= 11 is 6.78. The van der Waals surface area contributed by atoms with Gasteiger partial charge in [0, 0.05) is 11.8 Å². The molecule has 0 saturated carbocycles. The third-order valence-electron chi connectivity index (χ3n) is 4.82. The summed E-state index contributed by atoms with van der Waals surface area (Å²) in [6.45, 7) is 0.624. The Morgan fingerprint density at radius 3 is 2.70 bits per heavy atom. The number of aromatic nitrogens is 1. The Kier molecular flexibility index (Phi) is 4.98. The molecule has 5 rings (SSSR count). The van der Waals surface area contributed by atoms with Crippen LogP contribution in [0.15, 0.2) is 71.8 Å². The number of rotatable bonds is 4. The SMILES string of the molecule is O=C1/C(=C/c2ccc(-c3ccccn3)cc2)SC(=S)N1Cc1ccc2c(c1)OCO2. The van der Waals surface area contributed by atoms with Crippen LogP contribution in [0, 0.1) is 0 Å². The summed E-state index contributed by atoms with van der Waals surface area (Å²) in [6.07, 6.45) is 3.65. The minimum absolute atomic E-state index is 0.0866. The Hall–Kier alpha value is -3.16.